The Labute approximate surface area is 309 Å². The van der Waals surface area contributed by atoms with Crippen molar-refractivity contribution >= 4 is 76.6 Å². The molecule has 12 aromatic rings. The Morgan fingerprint density at radius 1 is 0.389 bits per heavy atom. The van der Waals surface area contributed by atoms with Crippen LogP contribution in [0, 0.1) is 0 Å². The first-order valence-corrected chi connectivity index (χ1v) is 18.3. The number of hydrogen-bond acceptors (Lipinski definition) is 2. The highest BCUT2D eigenvalue weighted by Crippen LogP contribution is 2.49. The van der Waals surface area contributed by atoms with Crippen LogP contribution in [0.2, 0.25) is 0 Å². The smallest absolute Gasteiger partial charge is 0.160 e. The number of hydrogen-bond donors (Lipinski definition) is 0. The van der Waals surface area contributed by atoms with Crippen LogP contribution in [-0.2, 0) is 0 Å². The standard InChI is InChI=1S/C49H30N4O/c1-4-16-31(17-5-1)49-50-38-30-34(28-29-41(38)53(49)33-20-8-3-9-21-33)52-39-25-13-10-22-35(39)43-44-37-24-12-15-27-42(37)54-48(44)47-45(46(43)52)36-23-11-14-26-40(36)51(47)32-18-6-2-7-19-32/h1-30H. The van der Waals surface area contributed by atoms with Crippen molar-refractivity contribution in [1.29, 1.82) is 0 Å². The van der Waals surface area contributed by atoms with E-state index in [1.165, 1.54) is 16.2 Å². The van der Waals surface area contributed by atoms with E-state index in [0.29, 0.717) is 0 Å². The lowest BCUT2D eigenvalue weighted by atomic mass is 10.0. The van der Waals surface area contributed by atoms with Crippen molar-refractivity contribution in [3.8, 4) is 28.5 Å². The van der Waals surface area contributed by atoms with Crippen LogP contribution < -0.4 is 0 Å². The quantitative estimate of drug-likeness (QED) is 0.184. The zero-order chi connectivity index (χ0) is 35.3. The first kappa shape index (κ1) is 29.2. The number of para-hydroxylation sites is 5. The summed E-state index contributed by atoms with van der Waals surface area (Å²) in [5, 5.41) is 6.94. The summed E-state index contributed by atoms with van der Waals surface area (Å²) in [7, 11) is 0. The molecule has 5 nitrogen and oxygen atoms in total. The SMILES string of the molecule is c1ccc(-c2nc3cc(-n4c5ccccc5c5c6c7ccccc7oc6c6c(c7ccccc7n6-c6ccccc6)c54)ccc3n2-c2ccccc2)cc1. The van der Waals surface area contributed by atoms with Crippen molar-refractivity contribution < 1.29 is 4.42 Å². The third-order valence-corrected chi connectivity index (χ3v) is 11.0. The summed E-state index contributed by atoms with van der Waals surface area (Å²) >= 11 is 0. The summed E-state index contributed by atoms with van der Waals surface area (Å²) in [6, 6.07) is 64.4. The summed E-state index contributed by atoms with van der Waals surface area (Å²) in [5.74, 6) is 0.913. The van der Waals surface area contributed by atoms with Gasteiger partial charge in [-0.2, -0.15) is 0 Å². The van der Waals surface area contributed by atoms with E-state index in [-0.39, 0.29) is 0 Å². The predicted octanol–water partition coefficient (Wildman–Crippen LogP) is 12.8. The molecule has 4 heterocycles. The molecule has 12 rings (SSSR count). The van der Waals surface area contributed by atoms with Gasteiger partial charge in [-0.05, 0) is 60.7 Å². The lowest BCUT2D eigenvalue weighted by Crippen LogP contribution is -1.98. The Bertz CT molecular complexity index is 3420. The molecule has 0 saturated heterocycles. The normalized spacial score (nSPS) is 12.1. The summed E-state index contributed by atoms with van der Waals surface area (Å²) in [6.07, 6.45) is 0. The number of rotatable bonds is 4. The van der Waals surface area contributed by atoms with Crippen LogP contribution in [-0.4, -0.2) is 18.7 Å². The molecule has 4 aromatic heterocycles. The van der Waals surface area contributed by atoms with Gasteiger partial charge in [0.1, 0.15) is 11.4 Å². The van der Waals surface area contributed by atoms with Gasteiger partial charge in [0.05, 0.1) is 33.1 Å². The van der Waals surface area contributed by atoms with Crippen molar-refractivity contribution in [3.63, 3.8) is 0 Å². The summed E-state index contributed by atoms with van der Waals surface area (Å²) in [4.78, 5) is 5.36. The largest absolute Gasteiger partial charge is 0.454 e. The van der Waals surface area contributed by atoms with E-state index in [2.05, 4.69) is 196 Å². The zero-order valence-electron chi connectivity index (χ0n) is 29.0. The molecule has 5 heteroatoms. The number of imidazole rings is 1. The molecule has 252 valence electrons. The highest BCUT2D eigenvalue weighted by atomic mass is 16.3. The summed E-state index contributed by atoms with van der Waals surface area (Å²) < 4.78 is 14.1. The van der Waals surface area contributed by atoms with Gasteiger partial charge in [-0.3, -0.25) is 4.57 Å². The molecule has 8 aromatic carbocycles. The van der Waals surface area contributed by atoms with E-state index >= 15 is 0 Å². The molecule has 0 atom stereocenters. The molecule has 54 heavy (non-hydrogen) atoms. The molecule has 0 radical (unpaired) electrons. The Morgan fingerprint density at radius 2 is 0.944 bits per heavy atom. The predicted molar refractivity (Wildman–Crippen MR) is 222 cm³/mol. The summed E-state index contributed by atoms with van der Waals surface area (Å²) in [5.41, 5.74) is 12.5. The number of benzene rings is 8. The minimum absolute atomic E-state index is 0.879. The fourth-order valence-electron chi connectivity index (χ4n) is 8.83. The van der Waals surface area contributed by atoms with E-state index in [9.17, 15) is 0 Å². The van der Waals surface area contributed by atoms with Crippen LogP contribution in [0.3, 0.4) is 0 Å². The van der Waals surface area contributed by atoms with Crippen molar-refractivity contribution in [1.82, 2.24) is 18.7 Å². The van der Waals surface area contributed by atoms with E-state index < -0.39 is 0 Å². The summed E-state index contributed by atoms with van der Waals surface area (Å²) in [6.45, 7) is 0. The third-order valence-electron chi connectivity index (χ3n) is 11.0. The zero-order valence-corrected chi connectivity index (χ0v) is 29.0. The average Bonchev–Trinajstić information content (AvgIpc) is 3.99. The number of aromatic nitrogens is 4. The lowest BCUT2D eigenvalue weighted by molar-refractivity contribution is 0.671. The molecule has 0 aliphatic carbocycles. The fraction of sp³-hybridized carbons (Fsp3) is 0. The van der Waals surface area contributed by atoms with E-state index in [1.54, 1.807) is 0 Å². The number of fused-ring (bicyclic) bond motifs is 13. The Balaban J connectivity index is 1.28. The molecular weight excluding hydrogens is 661 g/mol. The highest BCUT2D eigenvalue weighted by Gasteiger charge is 2.28. The van der Waals surface area contributed by atoms with Crippen LogP contribution >= 0.6 is 0 Å². The molecule has 0 aliphatic rings. The number of furan rings is 1. The van der Waals surface area contributed by atoms with Crippen LogP contribution in [0.5, 0.6) is 0 Å². The van der Waals surface area contributed by atoms with Crippen molar-refractivity contribution in [2.75, 3.05) is 0 Å². The molecule has 0 spiro atoms. The molecule has 0 fully saturated rings. The second kappa shape index (κ2) is 11.1. The molecule has 0 amide bonds. The monoisotopic (exact) mass is 690 g/mol. The lowest BCUT2D eigenvalue weighted by Gasteiger charge is -2.12. The van der Waals surface area contributed by atoms with E-state index in [1.807, 2.05) is 0 Å². The Morgan fingerprint density at radius 3 is 1.65 bits per heavy atom. The first-order chi connectivity index (χ1) is 26.8. The minimum atomic E-state index is 0.879. The minimum Gasteiger partial charge on any atom is -0.454 e. The van der Waals surface area contributed by atoms with Crippen molar-refractivity contribution in [2.24, 2.45) is 0 Å². The van der Waals surface area contributed by atoms with E-state index in [4.69, 9.17) is 9.40 Å². The van der Waals surface area contributed by atoms with Crippen LogP contribution in [0.25, 0.3) is 105 Å². The van der Waals surface area contributed by atoms with Gasteiger partial charge in [0, 0.05) is 54.9 Å². The van der Waals surface area contributed by atoms with Crippen molar-refractivity contribution in [2.45, 2.75) is 0 Å². The van der Waals surface area contributed by atoms with Gasteiger partial charge < -0.3 is 13.6 Å². The molecule has 0 saturated carbocycles. The van der Waals surface area contributed by atoms with Gasteiger partial charge in [0.2, 0.25) is 0 Å². The van der Waals surface area contributed by atoms with Gasteiger partial charge in [-0.25, -0.2) is 4.98 Å². The molecule has 0 aliphatic heterocycles. The van der Waals surface area contributed by atoms with Gasteiger partial charge in [0.15, 0.2) is 5.58 Å². The van der Waals surface area contributed by atoms with Crippen molar-refractivity contribution in [3.05, 3.63) is 182 Å². The second-order valence-corrected chi connectivity index (χ2v) is 13.9. The highest BCUT2D eigenvalue weighted by molar-refractivity contribution is 6.39. The maximum atomic E-state index is 6.94. The molecule has 0 N–H and O–H groups in total. The number of nitrogens with zero attached hydrogens (tertiary/aromatic N) is 4. The topological polar surface area (TPSA) is 40.8 Å². The third kappa shape index (κ3) is 3.95. The Kier molecular flexibility index (Phi) is 5.99. The molecule has 0 unspecified atom stereocenters. The fourth-order valence-corrected chi connectivity index (χ4v) is 8.83. The maximum absolute atomic E-state index is 6.94. The first-order valence-electron chi connectivity index (χ1n) is 18.3. The Hall–Kier alpha value is -7.37. The van der Waals surface area contributed by atoms with Gasteiger partial charge >= 0.3 is 0 Å². The second-order valence-electron chi connectivity index (χ2n) is 13.9. The van der Waals surface area contributed by atoms with Gasteiger partial charge in [-0.15, -0.1) is 0 Å². The maximum Gasteiger partial charge on any atom is 0.160 e. The molecule has 0 bridgehead atoms. The van der Waals surface area contributed by atoms with E-state index in [0.717, 1.165) is 88.9 Å². The van der Waals surface area contributed by atoms with Gasteiger partial charge in [0.25, 0.3) is 0 Å². The van der Waals surface area contributed by atoms with Crippen LogP contribution in [0.1, 0.15) is 0 Å². The van der Waals surface area contributed by atoms with Crippen LogP contribution in [0.15, 0.2) is 186 Å². The molecular formula is C49H30N4O. The van der Waals surface area contributed by atoms with Crippen LogP contribution in [0.4, 0.5) is 0 Å². The van der Waals surface area contributed by atoms with Gasteiger partial charge in [-0.1, -0.05) is 121 Å². The average molecular weight is 691 g/mol.